The van der Waals surface area contributed by atoms with Crippen LogP contribution in [-0.2, 0) is 21.2 Å². The molecule has 0 saturated carbocycles. The number of methoxy groups -OCH3 is 1. The van der Waals surface area contributed by atoms with E-state index in [1.807, 2.05) is 49.4 Å². The van der Waals surface area contributed by atoms with Crippen LogP contribution < -0.4 is 14.8 Å². The fourth-order valence-electron chi connectivity index (χ4n) is 3.80. The van der Waals surface area contributed by atoms with Crippen LogP contribution in [0.4, 0.5) is 5.69 Å². The summed E-state index contributed by atoms with van der Waals surface area (Å²) in [5.41, 5.74) is 3.63. The Morgan fingerprint density at radius 2 is 1.59 bits per heavy atom. The maximum atomic E-state index is 13.3. The number of hydrogen-bond donors (Lipinski definition) is 2. The largest absolute Gasteiger partial charge is 0.497 e. The number of anilines is 1. The Balaban J connectivity index is 1.93. The molecule has 1 unspecified atom stereocenters. The lowest BCUT2D eigenvalue weighted by Gasteiger charge is -2.21. The van der Waals surface area contributed by atoms with E-state index < -0.39 is 22.0 Å². The van der Waals surface area contributed by atoms with Gasteiger partial charge in [-0.3, -0.25) is 4.79 Å². The smallest absolute Gasteiger partial charge is 0.242 e. The monoisotopic (exact) mass is 452 g/mol. The van der Waals surface area contributed by atoms with Crippen molar-refractivity contribution in [3.63, 3.8) is 0 Å². The molecule has 0 aliphatic rings. The highest BCUT2D eigenvalue weighted by Crippen LogP contribution is 2.23. The van der Waals surface area contributed by atoms with Gasteiger partial charge in [0.2, 0.25) is 15.9 Å². The summed E-state index contributed by atoms with van der Waals surface area (Å²) in [4.78, 5) is 13.4. The molecule has 0 fully saturated rings. The molecule has 0 aliphatic carbocycles. The highest BCUT2D eigenvalue weighted by molar-refractivity contribution is 7.89. The lowest BCUT2D eigenvalue weighted by Crippen LogP contribution is -2.45. The Kier molecular flexibility index (Phi) is 7.33. The van der Waals surface area contributed by atoms with Gasteiger partial charge in [-0.25, -0.2) is 8.42 Å². The molecule has 3 aromatic rings. The molecule has 1 atom stereocenters. The first-order valence-electron chi connectivity index (χ1n) is 10.3. The molecule has 2 N–H and O–H groups in total. The average molecular weight is 453 g/mol. The molecule has 0 aliphatic heterocycles. The van der Waals surface area contributed by atoms with Crippen molar-refractivity contribution in [1.29, 1.82) is 0 Å². The Bertz CT molecular complexity index is 1180. The normalized spacial score (nSPS) is 12.2. The van der Waals surface area contributed by atoms with Gasteiger partial charge in [0, 0.05) is 11.8 Å². The van der Waals surface area contributed by atoms with E-state index in [9.17, 15) is 13.2 Å². The van der Waals surface area contributed by atoms with Crippen LogP contribution in [0.2, 0.25) is 0 Å². The van der Waals surface area contributed by atoms with Crippen LogP contribution in [0.5, 0.6) is 5.75 Å². The minimum Gasteiger partial charge on any atom is -0.497 e. The van der Waals surface area contributed by atoms with E-state index >= 15 is 0 Å². The van der Waals surface area contributed by atoms with E-state index in [-0.39, 0.29) is 11.3 Å². The zero-order valence-electron chi connectivity index (χ0n) is 18.7. The third kappa shape index (κ3) is 5.75. The molecule has 3 aromatic carbocycles. The van der Waals surface area contributed by atoms with Crippen molar-refractivity contribution in [1.82, 2.24) is 4.72 Å². The van der Waals surface area contributed by atoms with Crippen LogP contribution in [0, 0.1) is 20.8 Å². The van der Waals surface area contributed by atoms with Gasteiger partial charge in [-0.05, 0) is 56.0 Å². The van der Waals surface area contributed by atoms with E-state index in [0.717, 1.165) is 11.1 Å². The Labute approximate surface area is 189 Å². The lowest BCUT2D eigenvalue weighted by molar-refractivity contribution is -0.117. The topological polar surface area (TPSA) is 84.5 Å². The molecule has 168 valence electrons. The molecular formula is C25H28N2O4S. The summed E-state index contributed by atoms with van der Waals surface area (Å²) >= 11 is 0. The van der Waals surface area contributed by atoms with Gasteiger partial charge < -0.3 is 10.1 Å². The maximum absolute atomic E-state index is 13.3. The third-order valence-corrected chi connectivity index (χ3v) is 6.88. The summed E-state index contributed by atoms with van der Waals surface area (Å²) in [5, 5.41) is 2.80. The SMILES string of the molecule is COc1cccc(NC(=O)C(Cc2ccccc2)NS(=O)(=O)c2c(C)cc(C)cc2C)c1. The van der Waals surface area contributed by atoms with Gasteiger partial charge >= 0.3 is 0 Å². The van der Waals surface area contributed by atoms with E-state index in [2.05, 4.69) is 10.0 Å². The zero-order valence-corrected chi connectivity index (χ0v) is 19.5. The number of nitrogens with one attached hydrogen (secondary N) is 2. The van der Waals surface area contributed by atoms with E-state index in [0.29, 0.717) is 22.6 Å². The van der Waals surface area contributed by atoms with Crippen molar-refractivity contribution in [2.75, 3.05) is 12.4 Å². The fraction of sp³-hybridized carbons (Fsp3) is 0.240. The summed E-state index contributed by atoms with van der Waals surface area (Å²) in [6, 6.07) is 18.9. The number of benzene rings is 3. The predicted octanol–water partition coefficient (Wildman–Crippen LogP) is 4.15. The zero-order chi connectivity index (χ0) is 23.3. The minimum atomic E-state index is -3.94. The number of carbonyl (C=O) groups is 1. The van der Waals surface area contributed by atoms with Gasteiger partial charge in [-0.1, -0.05) is 54.1 Å². The Morgan fingerprint density at radius 1 is 0.938 bits per heavy atom. The number of amides is 1. The Morgan fingerprint density at radius 3 is 2.22 bits per heavy atom. The molecule has 0 aromatic heterocycles. The summed E-state index contributed by atoms with van der Waals surface area (Å²) < 4.78 is 34.5. The molecule has 0 spiro atoms. The van der Waals surface area contributed by atoms with Gasteiger partial charge in [0.15, 0.2) is 0 Å². The van der Waals surface area contributed by atoms with Crippen LogP contribution in [0.1, 0.15) is 22.3 Å². The van der Waals surface area contributed by atoms with Crippen molar-refractivity contribution in [2.24, 2.45) is 0 Å². The molecule has 6 nitrogen and oxygen atoms in total. The summed E-state index contributed by atoms with van der Waals surface area (Å²) in [5.74, 6) is 0.141. The quantitative estimate of drug-likeness (QED) is 0.538. The maximum Gasteiger partial charge on any atom is 0.242 e. The van der Waals surface area contributed by atoms with Gasteiger partial charge in [0.05, 0.1) is 12.0 Å². The summed E-state index contributed by atoms with van der Waals surface area (Å²) in [6.45, 7) is 5.44. The van der Waals surface area contributed by atoms with Gasteiger partial charge in [-0.15, -0.1) is 0 Å². The molecule has 7 heteroatoms. The van der Waals surface area contributed by atoms with Gasteiger partial charge in [-0.2, -0.15) is 4.72 Å². The third-order valence-electron chi connectivity index (χ3n) is 5.11. The molecule has 0 radical (unpaired) electrons. The van der Waals surface area contributed by atoms with E-state index in [4.69, 9.17) is 4.74 Å². The predicted molar refractivity (Wildman–Crippen MR) is 127 cm³/mol. The van der Waals surface area contributed by atoms with Crippen LogP contribution in [-0.4, -0.2) is 27.5 Å². The first kappa shape index (κ1) is 23.5. The lowest BCUT2D eigenvalue weighted by atomic mass is 10.1. The Hall–Kier alpha value is -3.16. The highest BCUT2D eigenvalue weighted by atomic mass is 32.2. The number of carbonyl (C=O) groups excluding carboxylic acids is 1. The van der Waals surface area contributed by atoms with Gasteiger partial charge in [0.1, 0.15) is 11.8 Å². The number of rotatable bonds is 8. The molecule has 0 bridgehead atoms. The summed E-state index contributed by atoms with van der Waals surface area (Å²) in [6.07, 6.45) is 0.208. The molecule has 1 amide bonds. The van der Waals surface area contributed by atoms with Crippen molar-refractivity contribution in [3.05, 3.63) is 89.0 Å². The van der Waals surface area contributed by atoms with Crippen LogP contribution in [0.15, 0.2) is 71.6 Å². The second-order valence-electron chi connectivity index (χ2n) is 7.81. The molecule has 0 heterocycles. The second-order valence-corrected chi connectivity index (χ2v) is 9.46. The van der Waals surface area contributed by atoms with E-state index in [1.54, 1.807) is 45.2 Å². The average Bonchev–Trinajstić information content (AvgIpc) is 2.73. The van der Waals surface area contributed by atoms with Crippen molar-refractivity contribution >= 4 is 21.6 Å². The second kappa shape index (κ2) is 9.97. The first-order valence-corrected chi connectivity index (χ1v) is 11.8. The van der Waals surface area contributed by atoms with Crippen molar-refractivity contribution < 1.29 is 17.9 Å². The molecule has 0 saturated heterocycles. The molecule has 32 heavy (non-hydrogen) atoms. The fourth-order valence-corrected chi connectivity index (χ4v) is 5.45. The molecule has 3 rings (SSSR count). The van der Waals surface area contributed by atoms with Crippen molar-refractivity contribution in [3.8, 4) is 5.75 Å². The van der Waals surface area contributed by atoms with E-state index in [1.165, 1.54) is 0 Å². The van der Waals surface area contributed by atoms with Crippen LogP contribution in [0.3, 0.4) is 0 Å². The van der Waals surface area contributed by atoms with Crippen molar-refractivity contribution in [2.45, 2.75) is 38.1 Å². The first-order chi connectivity index (χ1) is 15.2. The van der Waals surface area contributed by atoms with Gasteiger partial charge in [0.25, 0.3) is 0 Å². The molecular weight excluding hydrogens is 424 g/mol. The minimum absolute atomic E-state index is 0.204. The standard InChI is InChI=1S/C25H28N2O4S/c1-17-13-18(2)24(19(3)14-17)32(29,30)27-23(15-20-9-6-5-7-10-20)25(28)26-21-11-8-12-22(16-21)31-4/h5-14,16,23,27H,15H2,1-4H3,(H,26,28). The number of ether oxygens (including phenoxy) is 1. The van der Waals surface area contributed by atoms with Crippen LogP contribution >= 0.6 is 0 Å². The highest BCUT2D eigenvalue weighted by Gasteiger charge is 2.28. The number of sulfonamides is 1. The number of aryl methyl sites for hydroxylation is 3. The summed E-state index contributed by atoms with van der Waals surface area (Å²) in [7, 11) is -2.40. The van der Waals surface area contributed by atoms with Crippen LogP contribution in [0.25, 0.3) is 0 Å². The number of hydrogen-bond acceptors (Lipinski definition) is 4.